The van der Waals surface area contributed by atoms with Gasteiger partial charge in [0.25, 0.3) is 15.1 Å². The van der Waals surface area contributed by atoms with E-state index in [2.05, 4.69) is 33.8 Å². The molecular formula is C28H34N2O6S4. The first-order valence-corrected chi connectivity index (χ1v) is 17.5. The summed E-state index contributed by atoms with van der Waals surface area (Å²) in [5.41, 5.74) is 5.19. The Balaban J connectivity index is 1.69. The highest BCUT2D eigenvalue weighted by molar-refractivity contribution is 8.03. The van der Waals surface area contributed by atoms with Crippen molar-refractivity contribution in [2.75, 3.05) is 11.4 Å². The standard InChI is InChI=1S/C28H34N2O6S4/c1-18-6-8-23-25(14-18)37-27(29(23)12-10-21(4)39(31,32)33)16-20(3)17-28-30(13-11-22(5)40(34,35)36)24-9-7-19(2)15-26(24)38-28/h6-9,14-17,21-22H,10-13H2,1-5H3,(H-,31,32,33,34,35,36). The lowest BCUT2D eigenvalue weighted by atomic mass is 10.2. The number of hydrogen-bond acceptors (Lipinski definition) is 8. The molecule has 1 N–H and O–H groups in total. The van der Waals surface area contributed by atoms with Crippen LogP contribution in [0.4, 0.5) is 5.69 Å². The highest BCUT2D eigenvalue weighted by Gasteiger charge is 2.28. The van der Waals surface area contributed by atoms with E-state index < -0.39 is 30.7 Å². The molecule has 0 fully saturated rings. The van der Waals surface area contributed by atoms with Crippen LogP contribution in [0.1, 0.15) is 49.7 Å². The summed E-state index contributed by atoms with van der Waals surface area (Å²) in [5.74, 6) is 0. The maximum atomic E-state index is 11.6. The van der Waals surface area contributed by atoms with Crippen LogP contribution in [0.25, 0.3) is 16.3 Å². The molecule has 1 aromatic heterocycles. The number of hydrogen-bond donors (Lipinski definition) is 1. The van der Waals surface area contributed by atoms with Gasteiger partial charge in [-0.25, -0.2) is 8.42 Å². The fraction of sp³-hybridized carbons (Fsp3) is 0.393. The lowest BCUT2D eigenvalue weighted by Crippen LogP contribution is -2.37. The van der Waals surface area contributed by atoms with E-state index in [1.807, 2.05) is 45.0 Å². The zero-order valence-electron chi connectivity index (χ0n) is 23.1. The monoisotopic (exact) mass is 622 g/mol. The second kappa shape index (κ2) is 11.9. The van der Waals surface area contributed by atoms with Crippen molar-refractivity contribution in [1.82, 2.24) is 0 Å². The summed E-state index contributed by atoms with van der Waals surface area (Å²) < 4.78 is 70.4. The molecule has 2 unspecified atom stereocenters. The van der Waals surface area contributed by atoms with Gasteiger partial charge < -0.3 is 9.45 Å². The van der Waals surface area contributed by atoms with Gasteiger partial charge in [-0.15, -0.1) is 0 Å². The van der Waals surface area contributed by atoms with E-state index in [4.69, 9.17) is 0 Å². The molecule has 0 amide bonds. The Labute approximate surface area is 244 Å². The van der Waals surface area contributed by atoms with Gasteiger partial charge >= 0.3 is 0 Å². The number of rotatable bonds is 10. The summed E-state index contributed by atoms with van der Waals surface area (Å²) in [7, 11) is -8.50. The molecule has 2 aromatic carbocycles. The number of fused-ring (bicyclic) bond motifs is 2. The number of thiazole rings is 1. The Hall–Kier alpha value is -2.22. The van der Waals surface area contributed by atoms with Crippen LogP contribution < -0.4 is 9.47 Å². The third-order valence-electron chi connectivity index (χ3n) is 7.00. The predicted octanol–water partition coefficient (Wildman–Crippen LogP) is 5.65. The fourth-order valence-electron chi connectivity index (χ4n) is 4.45. The third-order valence-corrected chi connectivity index (χ3v) is 11.7. The first-order chi connectivity index (χ1) is 18.6. The van der Waals surface area contributed by atoms with Gasteiger partial charge in [0.15, 0.2) is 6.54 Å². The van der Waals surface area contributed by atoms with Gasteiger partial charge in [0.05, 0.1) is 31.3 Å². The van der Waals surface area contributed by atoms with Crippen molar-refractivity contribution in [3.05, 3.63) is 69.2 Å². The van der Waals surface area contributed by atoms with E-state index >= 15 is 0 Å². The average molecular weight is 623 g/mol. The van der Waals surface area contributed by atoms with Crippen molar-refractivity contribution in [3.63, 3.8) is 0 Å². The van der Waals surface area contributed by atoms with Crippen LogP contribution in [-0.2, 0) is 26.8 Å². The van der Waals surface area contributed by atoms with Crippen LogP contribution in [0.2, 0.25) is 0 Å². The summed E-state index contributed by atoms with van der Waals surface area (Å²) in [6.07, 6.45) is 4.59. The quantitative estimate of drug-likeness (QED) is 0.228. The molecule has 2 atom stereocenters. The second-order valence-electron chi connectivity index (χ2n) is 10.4. The van der Waals surface area contributed by atoms with Crippen molar-refractivity contribution in [1.29, 1.82) is 0 Å². The van der Waals surface area contributed by atoms with E-state index in [0.717, 1.165) is 47.5 Å². The molecule has 1 aliphatic rings. The van der Waals surface area contributed by atoms with Gasteiger partial charge in [-0.05, 0) is 82.0 Å². The van der Waals surface area contributed by atoms with E-state index in [1.165, 1.54) is 13.8 Å². The van der Waals surface area contributed by atoms with Crippen molar-refractivity contribution in [2.45, 2.75) is 69.4 Å². The molecule has 12 heteroatoms. The molecule has 0 bridgehead atoms. The summed E-state index contributed by atoms with van der Waals surface area (Å²) in [5, 5.41) is 0.0157. The highest BCUT2D eigenvalue weighted by atomic mass is 32.2. The summed E-state index contributed by atoms with van der Waals surface area (Å²) in [6.45, 7) is 9.80. The molecule has 0 saturated heterocycles. The highest BCUT2D eigenvalue weighted by Crippen LogP contribution is 2.47. The maximum absolute atomic E-state index is 11.6. The summed E-state index contributed by atoms with van der Waals surface area (Å²) >= 11 is 3.22. The van der Waals surface area contributed by atoms with Crippen molar-refractivity contribution in [3.8, 4) is 0 Å². The Morgan fingerprint density at radius 2 is 1.73 bits per heavy atom. The minimum Gasteiger partial charge on any atom is -0.748 e. The lowest BCUT2D eigenvalue weighted by molar-refractivity contribution is -0.669. The number of anilines is 1. The summed E-state index contributed by atoms with van der Waals surface area (Å²) in [4.78, 5) is 3.17. The van der Waals surface area contributed by atoms with E-state index in [-0.39, 0.29) is 12.8 Å². The number of thioether (sulfide) groups is 1. The fourth-order valence-corrected chi connectivity index (χ4v) is 7.84. The minimum atomic E-state index is -4.37. The molecule has 0 radical (unpaired) electrons. The minimum absolute atomic E-state index is 0.210. The molecule has 8 nitrogen and oxygen atoms in total. The summed E-state index contributed by atoms with van der Waals surface area (Å²) in [6, 6.07) is 12.3. The van der Waals surface area contributed by atoms with E-state index in [1.54, 1.807) is 23.1 Å². The topological polar surface area (TPSA) is 119 Å². The first kappa shape index (κ1) is 30.7. The van der Waals surface area contributed by atoms with Crippen LogP contribution in [0.15, 0.2) is 58.0 Å². The van der Waals surface area contributed by atoms with Crippen LogP contribution in [0.5, 0.6) is 0 Å². The van der Waals surface area contributed by atoms with E-state index in [9.17, 15) is 25.9 Å². The molecular weight excluding hydrogens is 589 g/mol. The average Bonchev–Trinajstić information content (AvgIpc) is 3.35. The zero-order valence-corrected chi connectivity index (χ0v) is 26.4. The molecule has 1 aliphatic heterocycles. The van der Waals surface area contributed by atoms with Crippen LogP contribution in [0.3, 0.4) is 0 Å². The number of aromatic nitrogens is 1. The third kappa shape index (κ3) is 7.15. The molecule has 216 valence electrons. The van der Waals surface area contributed by atoms with Crippen LogP contribution in [-0.4, -0.2) is 43.0 Å². The second-order valence-corrected chi connectivity index (χ2v) is 16.1. The van der Waals surface area contributed by atoms with Crippen LogP contribution >= 0.6 is 23.1 Å². The molecule has 2 heterocycles. The SMILES string of the molecule is CC(=C\c1sc2cc(C)ccc2[n+]1CCC(C)S(=O)(=O)[O-])/C=C1/Sc2cc(C)ccc2N1CCC(C)S(=O)(=O)O. The van der Waals surface area contributed by atoms with Crippen molar-refractivity contribution < 1.29 is 30.5 Å². The van der Waals surface area contributed by atoms with Gasteiger partial charge in [-0.2, -0.15) is 13.0 Å². The zero-order chi connectivity index (χ0) is 29.4. The van der Waals surface area contributed by atoms with Crippen molar-refractivity contribution in [2.24, 2.45) is 0 Å². The first-order valence-electron chi connectivity index (χ1n) is 12.9. The Morgan fingerprint density at radius 1 is 1.05 bits per heavy atom. The van der Waals surface area contributed by atoms with Gasteiger partial charge in [-0.3, -0.25) is 4.55 Å². The van der Waals surface area contributed by atoms with Gasteiger partial charge in [-0.1, -0.05) is 35.2 Å². The Kier molecular flexibility index (Phi) is 9.18. The molecule has 0 spiro atoms. The Morgan fingerprint density at radius 3 is 2.40 bits per heavy atom. The normalized spacial score (nSPS) is 17.0. The number of nitrogens with zero attached hydrogens (tertiary/aromatic N) is 2. The smallest absolute Gasteiger partial charge is 0.267 e. The number of aryl methyl sites for hydroxylation is 3. The lowest BCUT2D eigenvalue weighted by Gasteiger charge is -2.22. The Bertz CT molecular complexity index is 1710. The van der Waals surface area contributed by atoms with Crippen LogP contribution in [0, 0.1) is 13.8 Å². The molecule has 0 aliphatic carbocycles. The molecule has 4 rings (SSSR count). The van der Waals surface area contributed by atoms with Gasteiger partial charge in [0.1, 0.15) is 4.70 Å². The molecule has 0 saturated carbocycles. The molecule has 3 aromatic rings. The van der Waals surface area contributed by atoms with E-state index in [0.29, 0.717) is 13.1 Å². The number of allylic oxidation sites excluding steroid dienone is 2. The maximum Gasteiger partial charge on any atom is 0.267 e. The van der Waals surface area contributed by atoms with Gasteiger partial charge in [0, 0.05) is 30.0 Å². The predicted molar refractivity (Wildman–Crippen MR) is 162 cm³/mol. The molecule has 40 heavy (non-hydrogen) atoms. The number of benzene rings is 2. The van der Waals surface area contributed by atoms with Crippen molar-refractivity contribution >= 4 is 65.3 Å². The largest absolute Gasteiger partial charge is 0.748 e. The van der Waals surface area contributed by atoms with Gasteiger partial charge in [0.2, 0.25) is 5.52 Å².